The van der Waals surface area contributed by atoms with E-state index < -0.39 is 5.41 Å². The second-order valence-electron chi connectivity index (χ2n) is 6.25. The highest BCUT2D eigenvalue weighted by molar-refractivity contribution is 5.78. The van der Waals surface area contributed by atoms with E-state index in [4.69, 9.17) is 14.6 Å². The molecular formula is C17H33NO5. The smallest absolute Gasteiger partial charge is 0.311 e. The van der Waals surface area contributed by atoms with Crippen LogP contribution in [0.4, 0.5) is 0 Å². The Labute approximate surface area is 140 Å². The minimum Gasteiger partial charge on any atom is -0.464 e. The number of carbonyl (C=O) groups excluding carboxylic acids is 2. The van der Waals surface area contributed by atoms with Crippen LogP contribution in [-0.4, -0.2) is 61.4 Å². The number of nitrogens with zero attached hydrogens (tertiary/aromatic N) is 1. The van der Waals surface area contributed by atoms with Crippen LogP contribution in [0, 0.1) is 11.3 Å². The highest BCUT2D eigenvalue weighted by atomic mass is 16.5. The summed E-state index contributed by atoms with van der Waals surface area (Å²) in [6.07, 6.45) is 0.957. The first-order valence-corrected chi connectivity index (χ1v) is 8.49. The minimum atomic E-state index is -0.748. The molecule has 1 unspecified atom stereocenters. The molecule has 0 saturated heterocycles. The quantitative estimate of drug-likeness (QED) is 0.550. The Morgan fingerprint density at radius 1 is 1.09 bits per heavy atom. The zero-order chi connectivity index (χ0) is 17.9. The van der Waals surface area contributed by atoms with Crippen molar-refractivity contribution < 1.29 is 24.2 Å². The largest absolute Gasteiger partial charge is 0.464 e. The zero-order valence-corrected chi connectivity index (χ0v) is 15.3. The molecule has 23 heavy (non-hydrogen) atoms. The van der Waals surface area contributed by atoms with Gasteiger partial charge in [0, 0.05) is 6.54 Å². The second kappa shape index (κ2) is 11.4. The Bertz CT molecular complexity index is 353. The number of likely N-dealkylation sites (N-methyl/N-ethyl adjacent to an activating group) is 1. The average molecular weight is 331 g/mol. The third-order valence-corrected chi connectivity index (χ3v) is 4.01. The lowest BCUT2D eigenvalue weighted by Gasteiger charge is -2.27. The van der Waals surface area contributed by atoms with Crippen LogP contribution in [0.5, 0.6) is 0 Å². The number of rotatable bonds is 12. The van der Waals surface area contributed by atoms with E-state index in [1.54, 1.807) is 13.8 Å². The molecule has 6 heteroatoms. The van der Waals surface area contributed by atoms with Gasteiger partial charge < -0.3 is 19.5 Å². The first-order valence-electron chi connectivity index (χ1n) is 8.49. The molecule has 0 aromatic carbocycles. The van der Waals surface area contributed by atoms with E-state index >= 15 is 0 Å². The molecule has 0 bridgehead atoms. The maximum Gasteiger partial charge on any atom is 0.311 e. The Morgan fingerprint density at radius 2 is 1.70 bits per heavy atom. The topological polar surface area (TPSA) is 76.1 Å². The molecule has 0 radical (unpaired) electrons. The molecule has 1 N–H and O–H groups in total. The predicted molar refractivity (Wildman–Crippen MR) is 89.0 cm³/mol. The second-order valence-corrected chi connectivity index (χ2v) is 6.25. The van der Waals surface area contributed by atoms with Crippen LogP contribution in [0.1, 0.15) is 47.5 Å². The monoisotopic (exact) mass is 331 g/mol. The third kappa shape index (κ3) is 8.32. The molecule has 0 heterocycles. The van der Waals surface area contributed by atoms with Gasteiger partial charge in [-0.1, -0.05) is 20.8 Å². The summed E-state index contributed by atoms with van der Waals surface area (Å²) in [5, 5.41) is 8.72. The van der Waals surface area contributed by atoms with E-state index in [-0.39, 0.29) is 31.1 Å². The van der Waals surface area contributed by atoms with Crippen molar-refractivity contribution in [1.29, 1.82) is 0 Å². The molecule has 1 atom stereocenters. The van der Waals surface area contributed by atoms with Crippen molar-refractivity contribution >= 4 is 11.9 Å². The molecule has 6 nitrogen and oxygen atoms in total. The van der Waals surface area contributed by atoms with Crippen molar-refractivity contribution in [1.82, 2.24) is 4.90 Å². The van der Waals surface area contributed by atoms with Gasteiger partial charge in [0.05, 0.1) is 17.9 Å². The summed E-state index contributed by atoms with van der Waals surface area (Å²) in [6.45, 7) is 12.3. The Kier molecular flexibility index (Phi) is 10.8. The van der Waals surface area contributed by atoms with Gasteiger partial charge in [-0.2, -0.15) is 0 Å². The molecule has 0 rings (SSSR count). The summed E-state index contributed by atoms with van der Waals surface area (Å²) in [7, 11) is 0. The summed E-state index contributed by atoms with van der Waals surface area (Å²) in [4.78, 5) is 26.4. The molecule has 0 aliphatic carbocycles. The lowest BCUT2D eigenvalue weighted by molar-refractivity contribution is -0.158. The Hall–Kier alpha value is -1.14. The SMILES string of the molecule is CCC(CC(C)(C)C(=O)OCCN(CC)CC)C(=O)OCCO. The lowest BCUT2D eigenvalue weighted by atomic mass is 9.81. The summed E-state index contributed by atoms with van der Waals surface area (Å²) < 4.78 is 10.3. The van der Waals surface area contributed by atoms with Gasteiger partial charge in [0.2, 0.25) is 0 Å². The summed E-state index contributed by atoms with van der Waals surface area (Å²) in [6, 6.07) is 0. The lowest BCUT2D eigenvalue weighted by Crippen LogP contribution is -2.34. The molecule has 0 aliphatic heterocycles. The van der Waals surface area contributed by atoms with E-state index in [1.165, 1.54) is 0 Å². The molecule has 0 aliphatic rings. The average Bonchev–Trinajstić information content (AvgIpc) is 2.54. The number of aliphatic hydroxyl groups is 1. The maximum atomic E-state index is 12.3. The first-order chi connectivity index (χ1) is 10.8. The number of esters is 2. The van der Waals surface area contributed by atoms with Crippen molar-refractivity contribution in [3.8, 4) is 0 Å². The highest BCUT2D eigenvalue weighted by Crippen LogP contribution is 2.29. The van der Waals surface area contributed by atoms with E-state index in [0.29, 0.717) is 26.0 Å². The van der Waals surface area contributed by atoms with Crippen molar-refractivity contribution in [2.45, 2.75) is 47.5 Å². The third-order valence-electron chi connectivity index (χ3n) is 4.01. The van der Waals surface area contributed by atoms with Gasteiger partial charge in [0.25, 0.3) is 0 Å². The van der Waals surface area contributed by atoms with Crippen LogP contribution in [0.2, 0.25) is 0 Å². The van der Waals surface area contributed by atoms with Crippen molar-refractivity contribution in [3.63, 3.8) is 0 Å². The Balaban J connectivity index is 4.46. The minimum absolute atomic E-state index is 0.00984. The summed E-state index contributed by atoms with van der Waals surface area (Å²) in [5.74, 6) is -1.03. The van der Waals surface area contributed by atoms with Crippen LogP contribution >= 0.6 is 0 Å². The zero-order valence-electron chi connectivity index (χ0n) is 15.3. The van der Waals surface area contributed by atoms with E-state index in [0.717, 1.165) is 13.1 Å². The van der Waals surface area contributed by atoms with Crippen molar-refractivity contribution in [2.24, 2.45) is 11.3 Å². The molecular weight excluding hydrogens is 298 g/mol. The molecule has 0 aromatic heterocycles. The molecule has 136 valence electrons. The van der Waals surface area contributed by atoms with Crippen LogP contribution in [-0.2, 0) is 19.1 Å². The first kappa shape index (κ1) is 21.9. The number of hydrogen-bond donors (Lipinski definition) is 1. The Morgan fingerprint density at radius 3 is 2.17 bits per heavy atom. The fourth-order valence-electron chi connectivity index (χ4n) is 2.36. The number of hydrogen-bond acceptors (Lipinski definition) is 6. The summed E-state index contributed by atoms with van der Waals surface area (Å²) >= 11 is 0. The van der Waals surface area contributed by atoms with Gasteiger partial charge in [0.15, 0.2) is 0 Å². The van der Waals surface area contributed by atoms with Gasteiger partial charge in [-0.3, -0.25) is 9.59 Å². The number of carbonyl (C=O) groups is 2. The van der Waals surface area contributed by atoms with Gasteiger partial charge in [-0.15, -0.1) is 0 Å². The number of aliphatic hydroxyl groups excluding tert-OH is 1. The van der Waals surface area contributed by atoms with Gasteiger partial charge in [0.1, 0.15) is 13.2 Å². The van der Waals surface area contributed by atoms with E-state index in [2.05, 4.69) is 18.7 Å². The molecule has 0 amide bonds. The molecule has 0 spiro atoms. The fraction of sp³-hybridized carbons (Fsp3) is 0.882. The van der Waals surface area contributed by atoms with Crippen LogP contribution in [0.3, 0.4) is 0 Å². The number of ether oxygens (including phenoxy) is 2. The highest BCUT2D eigenvalue weighted by Gasteiger charge is 2.35. The van der Waals surface area contributed by atoms with Crippen LogP contribution < -0.4 is 0 Å². The van der Waals surface area contributed by atoms with Crippen LogP contribution in [0.15, 0.2) is 0 Å². The molecule has 0 aromatic rings. The fourth-order valence-corrected chi connectivity index (χ4v) is 2.36. The van der Waals surface area contributed by atoms with Gasteiger partial charge >= 0.3 is 11.9 Å². The van der Waals surface area contributed by atoms with Gasteiger partial charge in [-0.25, -0.2) is 0 Å². The standard InChI is InChI=1S/C17H33NO5/c1-6-14(15(20)22-12-10-19)13-17(4,5)16(21)23-11-9-18(7-2)8-3/h14,19H,6-13H2,1-5H3. The van der Waals surface area contributed by atoms with E-state index in [9.17, 15) is 9.59 Å². The van der Waals surface area contributed by atoms with Crippen LogP contribution in [0.25, 0.3) is 0 Å². The summed E-state index contributed by atoms with van der Waals surface area (Å²) in [5.41, 5.74) is -0.748. The maximum absolute atomic E-state index is 12.3. The molecule has 0 fully saturated rings. The van der Waals surface area contributed by atoms with Gasteiger partial charge in [-0.05, 0) is 39.8 Å². The predicted octanol–water partition coefficient (Wildman–Crippen LogP) is 1.85. The van der Waals surface area contributed by atoms with E-state index in [1.807, 2.05) is 6.92 Å². The normalized spacial score (nSPS) is 13.0. The molecule has 0 saturated carbocycles. The van der Waals surface area contributed by atoms with Crippen molar-refractivity contribution in [3.05, 3.63) is 0 Å². The van der Waals surface area contributed by atoms with Crippen molar-refractivity contribution in [2.75, 3.05) is 39.5 Å².